The lowest BCUT2D eigenvalue weighted by Crippen LogP contribution is -2.74. The van der Waals surface area contributed by atoms with Gasteiger partial charge < -0.3 is 11.1 Å². The Morgan fingerprint density at radius 3 is 0.731 bits per heavy atom. The molecule has 0 heterocycles. The molecule has 10 aromatic rings. The number of nitrogen functional groups attached to an aromatic ring is 1. The monoisotopic (exact) mass is 961 g/mol. The molecular weight excluding hydrogens is 908 g/mol. The summed E-state index contributed by atoms with van der Waals surface area (Å²) in [4.78, 5) is 0. The van der Waals surface area contributed by atoms with E-state index in [1.165, 1.54) is 41.5 Å². The van der Waals surface area contributed by atoms with Crippen LogP contribution in [0.4, 0.5) is 17.1 Å². The van der Waals surface area contributed by atoms with Crippen LogP contribution in [0.25, 0.3) is 0 Å². The van der Waals surface area contributed by atoms with Crippen molar-refractivity contribution in [3.63, 3.8) is 0 Å². The van der Waals surface area contributed by atoms with E-state index in [1.54, 1.807) is 0 Å². The summed E-state index contributed by atoms with van der Waals surface area (Å²) in [6.07, 6.45) is 0. The van der Waals surface area contributed by atoms with Gasteiger partial charge in [0.05, 0.1) is 0 Å². The molecule has 6 heteroatoms. The Morgan fingerprint density at radius 2 is 0.478 bits per heavy atom. The summed E-state index contributed by atoms with van der Waals surface area (Å²) < 4.78 is 1.11. The Labute approximate surface area is 410 Å². The molecular formula is C61H55BBrN2Si2. The van der Waals surface area contributed by atoms with Crippen LogP contribution in [0.2, 0.25) is 0 Å². The maximum absolute atomic E-state index is 5.36. The third-order valence-electron chi connectivity index (χ3n) is 11.7. The molecule has 0 spiro atoms. The average Bonchev–Trinajstić information content (AvgIpc) is 3.38. The van der Waals surface area contributed by atoms with Gasteiger partial charge in [-0.05, 0) is 90.0 Å². The summed E-state index contributed by atoms with van der Waals surface area (Å²) in [6, 6.07) is 104. The second kappa shape index (κ2) is 24.3. The van der Waals surface area contributed by atoms with Crippen LogP contribution in [-0.2, 0) is 0 Å². The molecule has 0 bridgehead atoms. The number of hydrogen-bond acceptors (Lipinski definition) is 2. The molecule has 0 amide bonds. The molecule has 0 aliphatic heterocycles. The minimum absolute atomic E-state index is 0. The van der Waals surface area contributed by atoms with E-state index in [0.717, 1.165) is 21.5 Å². The number of benzene rings is 10. The van der Waals surface area contributed by atoms with Crippen molar-refractivity contribution < 1.29 is 0 Å². The molecule has 67 heavy (non-hydrogen) atoms. The maximum atomic E-state index is 5.36. The van der Waals surface area contributed by atoms with Crippen LogP contribution in [0.3, 0.4) is 0 Å². The fourth-order valence-electron chi connectivity index (χ4n) is 8.77. The van der Waals surface area contributed by atoms with Crippen molar-refractivity contribution in [3.8, 4) is 0 Å². The first-order valence-electron chi connectivity index (χ1n) is 21.9. The fraction of sp³-hybridized carbons (Fsp3) is 0.0164. The number of nitrogens with one attached hydrogen (secondary N) is 1. The van der Waals surface area contributed by atoms with Gasteiger partial charge in [0.25, 0.3) is 0 Å². The Balaban J connectivity index is 0.000000191. The Morgan fingerprint density at radius 1 is 0.269 bits per heavy atom. The van der Waals surface area contributed by atoms with Gasteiger partial charge in [-0.2, -0.15) is 0 Å². The van der Waals surface area contributed by atoms with Crippen molar-refractivity contribution in [1.29, 1.82) is 0 Å². The topological polar surface area (TPSA) is 38.0 Å². The first-order chi connectivity index (χ1) is 32.1. The van der Waals surface area contributed by atoms with Crippen LogP contribution >= 0.6 is 15.9 Å². The maximum Gasteiger partial charge on any atom is 0.179 e. The van der Waals surface area contributed by atoms with Gasteiger partial charge in [0, 0.05) is 29.9 Å². The Hall–Kier alpha value is -7.22. The molecule has 0 saturated carbocycles. The van der Waals surface area contributed by atoms with E-state index in [9.17, 15) is 0 Å². The molecule has 10 rings (SSSR count). The summed E-state index contributed by atoms with van der Waals surface area (Å²) in [7, 11) is -4.79. The molecule has 0 atom stereocenters. The first kappa shape index (κ1) is 49.2. The summed E-state index contributed by atoms with van der Waals surface area (Å²) in [5.41, 5.74) is 8.37. The van der Waals surface area contributed by atoms with E-state index in [0.29, 0.717) is 0 Å². The fourth-order valence-corrected chi connectivity index (χ4v) is 18.5. The van der Waals surface area contributed by atoms with Crippen LogP contribution < -0.4 is 52.5 Å². The van der Waals surface area contributed by atoms with Gasteiger partial charge >= 0.3 is 0 Å². The molecule has 327 valence electrons. The van der Waals surface area contributed by atoms with Crippen LogP contribution in [0, 0.1) is 0 Å². The minimum atomic E-state index is -2.44. The summed E-state index contributed by atoms with van der Waals surface area (Å²) in [5, 5.41) is 14.7. The van der Waals surface area contributed by atoms with Crippen molar-refractivity contribution in [2.45, 2.75) is 7.43 Å². The van der Waals surface area contributed by atoms with E-state index in [1.807, 2.05) is 36.4 Å². The highest BCUT2D eigenvalue weighted by molar-refractivity contribution is 9.10. The van der Waals surface area contributed by atoms with E-state index < -0.39 is 16.1 Å². The van der Waals surface area contributed by atoms with Crippen molar-refractivity contribution in [2.75, 3.05) is 11.1 Å². The second-order valence-corrected chi connectivity index (χ2v) is 24.2. The molecule has 10 aromatic carbocycles. The second-order valence-electron chi connectivity index (χ2n) is 15.7. The number of para-hydroxylation sites is 2. The Bertz CT molecular complexity index is 2720. The van der Waals surface area contributed by atoms with Gasteiger partial charge in [-0.1, -0.05) is 266 Å². The van der Waals surface area contributed by atoms with Gasteiger partial charge in [-0.25, -0.2) is 0 Å². The molecule has 0 fully saturated rings. The van der Waals surface area contributed by atoms with Gasteiger partial charge in [0.2, 0.25) is 0 Å². The average molecular weight is 963 g/mol. The van der Waals surface area contributed by atoms with E-state index in [-0.39, 0.29) is 15.8 Å². The number of rotatable bonds is 10. The van der Waals surface area contributed by atoms with Crippen molar-refractivity contribution in [2.24, 2.45) is 0 Å². The lowest BCUT2D eigenvalue weighted by atomic mass is 10.3. The zero-order valence-electron chi connectivity index (χ0n) is 36.7. The molecule has 0 unspecified atom stereocenters. The number of anilines is 3. The normalized spacial score (nSPS) is 10.6. The largest absolute Gasteiger partial charge is 0.399 e. The molecule has 0 aliphatic carbocycles. The zero-order chi connectivity index (χ0) is 44.6. The molecule has 3 radical (unpaired) electrons. The van der Waals surface area contributed by atoms with Crippen LogP contribution in [0.15, 0.2) is 296 Å². The van der Waals surface area contributed by atoms with Crippen LogP contribution in [0.5, 0.6) is 0 Å². The van der Waals surface area contributed by atoms with Gasteiger partial charge in [0.15, 0.2) is 16.1 Å². The van der Waals surface area contributed by atoms with Crippen molar-refractivity contribution in [1.82, 2.24) is 0 Å². The van der Waals surface area contributed by atoms with Crippen molar-refractivity contribution in [3.05, 3.63) is 296 Å². The van der Waals surface area contributed by atoms with Crippen molar-refractivity contribution >= 4 is 99.0 Å². The lowest BCUT2D eigenvalue weighted by Gasteiger charge is -2.34. The summed E-state index contributed by atoms with van der Waals surface area (Å²) >= 11 is 3.60. The molecule has 0 aliphatic rings. The third kappa shape index (κ3) is 11.4. The highest BCUT2D eigenvalue weighted by Gasteiger charge is 2.42. The lowest BCUT2D eigenvalue weighted by molar-refractivity contribution is 1.56. The van der Waals surface area contributed by atoms with Gasteiger partial charge in [0.1, 0.15) is 0 Å². The first-order valence-corrected chi connectivity index (χ1v) is 26.7. The SMILES string of the molecule is Brc1ccc([Si](c2ccccc2)(c2ccccc2)c2ccccc2)cc1.C.Nc1ccccc1.[B].c1ccc(Nc2ccc([Si](c3ccccc3)(c3ccccc3)c3ccccc3)cc2)cc1. The van der Waals surface area contributed by atoms with Gasteiger partial charge in [-0.3, -0.25) is 0 Å². The molecule has 3 N–H and O–H groups in total. The summed E-state index contributed by atoms with van der Waals surface area (Å²) in [5.74, 6) is 0. The van der Waals surface area contributed by atoms with E-state index in [4.69, 9.17) is 5.73 Å². The number of nitrogens with two attached hydrogens (primary N) is 1. The standard InChI is InChI=1S/C30H25NSi.C24H19BrSi.C6H7N.CH4.B/c1-5-13-25(14-6-1)31-26-21-23-30(24-22-26)32(27-15-7-2-8-16-27,28-17-9-3-10-18-28)29-19-11-4-12-20-29;25-20-16-18-24(19-17-20)26(21-10-4-1-5-11-21,22-12-6-2-7-13-22)23-14-8-3-9-15-23;7-6-4-2-1-3-5-6;;/h1-24,31H;1-19H;1-5H,7H2;1H4;. The predicted octanol–water partition coefficient (Wildman–Crippen LogP) is 10.2. The molecule has 2 nitrogen and oxygen atoms in total. The predicted molar refractivity (Wildman–Crippen MR) is 301 cm³/mol. The minimum Gasteiger partial charge on any atom is -0.399 e. The number of hydrogen-bond donors (Lipinski definition) is 2. The van der Waals surface area contributed by atoms with E-state index in [2.05, 4.69) is 276 Å². The Kier molecular flexibility index (Phi) is 17.9. The highest BCUT2D eigenvalue weighted by atomic mass is 79.9. The zero-order valence-corrected chi connectivity index (χ0v) is 40.3. The van der Waals surface area contributed by atoms with Crippen LogP contribution in [0.1, 0.15) is 7.43 Å². The third-order valence-corrected chi connectivity index (χ3v) is 21.8. The quantitative estimate of drug-likeness (QED) is 0.0815. The van der Waals surface area contributed by atoms with Gasteiger partial charge in [-0.15, -0.1) is 0 Å². The van der Waals surface area contributed by atoms with E-state index >= 15 is 0 Å². The molecule has 0 aromatic heterocycles. The summed E-state index contributed by atoms with van der Waals surface area (Å²) in [6.45, 7) is 0. The molecule has 0 saturated heterocycles. The van der Waals surface area contributed by atoms with Crippen LogP contribution in [-0.4, -0.2) is 24.6 Å². The number of halogens is 1. The highest BCUT2D eigenvalue weighted by Crippen LogP contribution is 2.17. The smallest absolute Gasteiger partial charge is 0.179 e.